The summed E-state index contributed by atoms with van der Waals surface area (Å²) in [5, 5.41) is 12.4. The number of benzene rings is 2. The van der Waals surface area contributed by atoms with Crippen molar-refractivity contribution in [3.63, 3.8) is 0 Å². The molecule has 2 N–H and O–H groups in total. The number of amides is 1. The molecule has 0 aromatic heterocycles. The van der Waals surface area contributed by atoms with Gasteiger partial charge >= 0.3 is 5.97 Å². The minimum Gasteiger partial charge on any atom is -0.480 e. The van der Waals surface area contributed by atoms with Crippen molar-refractivity contribution in [1.82, 2.24) is 10.2 Å². The van der Waals surface area contributed by atoms with Crippen molar-refractivity contribution < 1.29 is 14.7 Å². The summed E-state index contributed by atoms with van der Waals surface area (Å²) in [6.45, 7) is 8.47. The van der Waals surface area contributed by atoms with Crippen LogP contribution in [0.25, 0.3) is 11.1 Å². The number of thioether (sulfide) groups is 1. The van der Waals surface area contributed by atoms with Gasteiger partial charge in [-0.3, -0.25) is 9.69 Å². The number of nitrogens with zero attached hydrogens (tertiary/aromatic N) is 1. The second-order valence-electron chi connectivity index (χ2n) is 10.7. The fourth-order valence-electron chi connectivity index (χ4n) is 5.29. The Labute approximate surface area is 227 Å². The molecule has 0 heterocycles. The molecule has 3 rings (SSSR count). The highest BCUT2D eigenvalue weighted by Gasteiger charge is 2.23. The number of aliphatic carboxylic acids is 1. The average molecular weight is 525 g/mol. The molecule has 1 atom stereocenters. The minimum absolute atomic E-state index is 0.337. The maximum atomic E-state index is 13.4. The Balaban J connectivity index is 1.86. The maximum absolute atomic E-state index is 13.4. The summed E-state index contributed by atoms with van der Waals surface area (Å²) in [5.74, 6) is 0.183. The van der Waals surface area contributed by atoms with Crippen LogP contribution in [0.4, 0.5) is 0 Å². The zero-order valence-electron chi connectivity index (χ0n) is 23.0. The molecule has 5 nitrogen and oxygen atoms in total. The van der Waals surface area contributed by atoms with Gasteiger partial charge in [0.15, 0.2) is 0 Å². The van der Waals surface area contributed by atoms with Crippen LogP contribution in [-0.2, 0) is 11.3 Å². The lowest BCUT2D eigenvalue weighted by atomic mass is 9.87. The fraction of sp³-hybridized carbons (Fsp3) is 0.548. The third-order valence-electron chi connectivity index (χ3n) is 7.64. The van der Waals surface area contributed by atoms with Crippen molar-refractivity contribution in [3.8, 4) is 11.1 Å². The van der Waals surface area contributed by atoms with E-state index in [2.05, 4.69) is 30.1 Å². The van der Waals surface area contributed by atoms with Crippen molar-refractivity contribution in [2.24, 2.45) is 5.92 Å². The lowest BCUT2D eigenvalue weighted by Crippen LogP contribution is -2.41. The number of carbonyl (C=O) groups excluding carboxylic acids is 1. The number of carboxylic acids is 1. The van der Waals surface area contributed by atoms with Crippen molar-refractivity contribution in [3.05, 3.63) is 59.2 Å². The van der Waals surface area contributed by atoms with Gasteiger partial charge in [-0.2, -0.15) is 11.8 Å². The van der Waals surface area contributed by atoms with Crippen molar-refractivity contribution in [1.29, 1.82) is 0 Å². The molecule has 1 unspecified atom stereocenters. The van der Waals surface area contributed by atoms with Gasteiger partial charge < -0.3 is 10.4 Å². The smallest absolute Gasteiger partial charge is 0.326 e. The van der Waals surface area contributed by atoms with E-state index in [1.807, 2.05) is 49.6 Å². The van der Waals surface area contributed by atoms with Crippen LogP contribution in [0.2, 0.25) is 0 Å². The summed E-state index contributed by atoms with van der Waals surface area (Å²) in [6.07, 6.45) is 10.4. The van der Waals surface area contributed by atoms with Gasteiger partial charge in [0.05, 0.1) is 0 Å². The van der Waals surface area contributed by atoms with Gasteiger partial charge in [0.1, 0.15) is 6.04 Å². The highest BCUT2D eigenvalue weighted by atomic mass is 32.2. The molecule has 6 heteroatoms. The molecule has 1 aliphatic carbocycles. The monoisotopic (exact) mass is 524 g/mol. The lowest BCUT2D eigenvalue weighted by Gasteiger charge is -2.30. The number of carbonyl (C=O) groups is 2. The minimum atomic E-state index is -0.998. The number of hydrogen-bond donors (Lipinski definition) is 2. The van der Waals surface area contributed by atoms with Crippen LogP contribution in [0.1, 0.15) is 80.3 Å². The molecule has 202 valence electrons. The predicted molar refractivity (Wildman–Crippen MR) is 155 cm³/mol. The second kappa shape index (κ2) is 14.6. The molecule has 0 spiro atoms. The van der Waals surface area contributed by atoms with Gasteiger partial charge in [-0.15, -0.1) is 0 Å². The molecular weight excluding hydrogens is 480 g/mol. The van der Waals surface area contributed by atoms with E-state index in [9.17, 15) is 14.7 Å². The van der Waals surface area contributed by atoms with Gasteiger partial charge in [0.25, 0.3) is 5.91 Å². The molecule has 0 aliphatic heterocycles. The van der Waals surface area contributed by atoms with Crippen LogP contribution in [0.3, 0.4) is 0 Å². The first-order valence-corrected chi connectivity index (χ1v) is 15.1. The van der Waals surface area contributed by atoms with E-state index in [1.165, 1.54) is 44.1 Å². The summed E-state index contributed by atoms with van der Waals surface area (Å²) >= 11 is 1.58. The predicted octanol–water partition coefficient (Wildman–Crippen LogP) is 6.78. The van der Waals surface area contributed by atoms with Crippen LogP contribution >= 0.6 is 11.8 Å². The van der Waals surface area contributed by atoms with E-state index in [1.54, 1.807) is 11.8 Å². The van der Waals surface area contributed by atoms with E-state index in [-0.39, 0.29) is 5.91 Å². The van der Waals surface area contributed by atoms with Crippen LogP contribution in [-0.4, -0.2) is 52.5 Å². The summed E-state index contributed by atoms with van der Waals surface area (Å²) in [7, 11) is 0. The van der Waals surface area contributed by atoms with Crippen molar-refractivity contribution in [2.45, 2.75) is 84.3 Å². The topological polar surface area (TPSA) is 69.6 Å². The van der Waals surface area contributed by atoms with Crippen LogP contribution < -0.4 is 5.32 Å². The first-order valence-electron chi connectivity index (χ1n) is 13.8. The highest BCUT2D eigenvalue weighted by Crippen LogP contribution is 2.30. The fourth-order valence-corrected chi connectivity index (χ4v) is 5.76. The number of rotatable bonds is 13. The number of carboxylic acid groups (broad SMARTS) is 1. The largest absolute Gasteiger partial charge is 0.480 e. The molecule has 37 heavy (non-hydrogen) atoms. The number of nitrogens with one attached hydrogen (secondary N) is 1. The van der Waals surface area contributed by atoms with Crippen LogP contribution in [0.15, 0.2) is 42.5 Å². The van der Waals surface area contributed by atoms with Crippen LogP contribution in [0, 0.1) is 12.8 Å². The molecular formula is C31H44N2O3S. The van der Waals surface area contributed by atoms with E-state index in [0.717, 1.165) is 35.7 Å². The molecule has 1 fully saturated rings. The Bertz CT molecular complexity index is 1030. The molecule has 0 radical (unpaired) electrons. The van der Waals surface area contributed by atoms with E-state index in [0.29, 0.717) is 23.8 Å². The van der Waals surface area contributed by atoms with Gasteiger partial charge in [-0.05, 0) is 92.5 Å². The van der Waals surface area contributed by atoms with Gasteiger partial charge in [-0.25, -0.2) is 4.79 Å². The summed E-state index contributed by atoms with van der Waals surface area (Å²) < 4.78 is 0. The standard InChI is InChI=1S/C31H44N2O3S/c1-22(2)33(18-16-24-11-6-5-7-12-24)21-25-14-15-27(28(20-25)26-13-9-8-10-23(26)3)30(34)32-29(31(35)36)17-19-37-4/h8-10,13-15,20,22,24,29H,5-7,11-12,16-19,21H2,1-4H3,(H,32,34)(H,35,36). The van der Waals surface area contributed by atoms with Gasteiger partial charge in [0, 0.05) is 18.2 Å². The quantitative estimate of drug-likeness (QED) is 0.302. The summed E-state index contributed by atoms with van der Waals surface area (Å²) in [5.41, 5.74) is 4.64. The summed E-state index contributed by atoms with van der Waals surface area (Å²) in [4.78, 5) is 27.7. The van der Waals surface area contributed by atoms with Crippen molar-refractivity contribution >= 4 is 23.6 Å². The lowest BCUT2D eigenvalue weighted by molar-refractivity contribution is -0.139. The first kappa shape index (κ1) is 29.2. The zero-order chi connectivity index (χ0) is 26.8. The Morgan fingerprint density at radius 3 is 2.46 bits per heavy atom. The van der Waals surface area contributed by atoms with E-state index >= 15 is 0 Å². The van der Waals surface area contributed by atoms with E-state index < -0.39 is 12.0 Å². The normalized spacial score (nSPS) is 15.2. The maximum Gasteiger partial charge on any atom is 0.326 e. The molecule has 1 amide bonds. The molecule has 0 saturated heterocycles. The Morgan fingerprint density at radius 1 is 1.08 bits per heavy atom. The third kappa shape index (κ3) is 8.61. The molecule has 2 aromatic carbocycles. The van der Waals surface area contributed by atoms with Gasteiger partial charge in [-0.1, -0.05) is 62.4 Å². The molecule has 1 saturated carbocycles. The molecule has 2 aromatic rings. The summed E-state index contributed by atoms with van der Waals surface area (Å²) in [6, 6.07) is 13.6. The van der Waals surface area contributed by atoms with Crippen molar-refractivity contribution in [2.75, 3.05) is 18.6 Å². The second-order valence-corrected chi connectivity index (χ2v) is 11.7. The third-order valence-corrected chi connectivity index (χ3v) is 8.29. The Morgan fingerprint density at radius 2 is 1.81 bits per heavy atom. The number of aryl methyl sites for hydroxylation is 1. The molecule has 1 aliphatic rings. The van der Waals surface area contributed by atoms with E-state index in [4.69, 9.17) is 0 Å². The SMILES string of the molecule is CSCCC(NC(=O)c1ccc(CN(CCC2CCCCC2)C(C)C)cc1-c1ccccc1C)C(=O)O. The Hall–Kier alpha value is -2.31. The molecule has 0 bridgehead atoms. The number of hydrogen-bond acceptors (Lipinski definition) is 4. The Kier molecular flexibility index (Phi) is 11.5. The van der Waals surface area contributed by atoms with Gasteiger partial charge in [0.2, 0.25) is 0 Å². The average Bonchev–Trinajstić information content (AvgIpc) is 2.89. The first-order chi connectivity index (χ1) is 17.8. The highest BCUT2D eigenvalue weighted by molar-refractivity contribution is 7.98. The zero-order valence-corrected chi connectivity index (χ0v) is 23.8. The van der Waals surface area contributed by atoms with Crippen LogP contribution in [0.5, 0.6) is 0 Å².